The third-order valence-corrected chi connectivity index (χ3v) is 4.67. The van der Waals surface area contributed by atoms with E-state index in [9.17, 15) is 14.5 Å². The summed E-state index contributed by atoms with van der Waals surface area (Å²) in [5.74, 6) is 1.54. The third-order valence-electron chi connectivity index (χ3n) is 3.61. The Morgan fingerprint density at radius 3 is 2.89 bits per heavy atom. The number of nitro benzene ring substituents is 1. The predicted octanol–water partition coefficient (Wildman–Crippen LogP) is 3.68. The number of benzene rings is 1. The van der Waals surface area contributed by atoms with E-state index in [2.05, 4.69) is 19.2 Å². The number of thioether (sulfide) groups is 1. The molecule has 0 saturated carbocycles. The van der Waals surface area contributed by atoms with Crippen molar-refractivity contribution in [2.75, 3.05) is 16.8 Å². The van der Waals surface area contributed by atoms with Crippen molar-refractivity contribution in [1.82, 2.24) is 0 Å². The lowest BCUT2D eigenvalue weighted by atomic mass is 9.82. The molecule has 1 aliphatic heterocycles. The number of hydrogen-bond donors (Lipinski definition) is 1. The van der Waals surface area contributed by atoms with Gasteiger partial charge in [-0.15, -0.1) is 0 Å². The van der Waals surface area contributed by atoms with Crippen LogP contribution >= 0.6 is 11.8 Å². The second-order valence-corrected chi connectivity index (χ2v) is 6.58. The van der Waals surface area contributed by atoms with Gasteiger partial charge in [-0.05, 0) is 23.7 Å². The monoisotopic (exact) mass is 284 g/mol. The van der Waals surface area contributed by atoms with Crippen molar-refractivity contribution in [2.45, 2.75) is 26.3 Å². The van der Waals surface area contributed by atoms with Gasteiger partial charge in [0.25, 0.3) is 5.69 Å². The molecular weight excluding hydrogens is 267 g/mol. The summed E-state index contributed by atoms with van der Waals surface area (Å²) in [5, 5.41) is 13.9. The van der Waals surface area contributed by atoms with E-state index < -0.39 is 10.7 Å². The van der Waals surface area contributed by atoms with Crippen LogP contribution in [0.2, 0.25) is 0 Å². The first-order chi connectivity index (χ1) is 8.90. The minimum Gasteiger partial charge on any atom is -0.378 e. The van der Waals surface area contributed by atoms with Gasteiger partial charge in [0, 0.05) is 23.9 Å². The molecule has 0 aliphatic carbocycles. The van der Waals surface area contributed by atoms with Crippen LogP contribution in [0.1, 0.15) is 20.3 Å². The van der Waals surface area contributed by atoms with E-state index >= 15 is 0 Å². The molecule has 0 bridgehead atoms. The van der Waals surface area contributed by atoms with Crippen molar-refractivity contribution in [3.05, 3.63) is 34.1 Å². The lowest BCUT2D eigenvalue weighted by Crippen LogP contribution is -2.41. The van der Waals surface area contributed by atoms with E-state index in [-0.39, 0.29) is 22.8 Å². The van der Waals surface area contributed by atoms with Gasteiger partial charge in [0.05, 0.1) is 10.6 Å². The smallest absolute Gasteiger partial charge is 0.271 e. The molecular formula is C13H17FN2O2S. The van der Waals surface area contributed by atoms with Crippen LogP contribution in [0.3, 0.4) is 0 Å². The average molecular weight is 284 g/mol. The molecule has 4 nitrogen and oxygen atoms in total. The fourth-order valence-electron chi connectivity index (χ4n) is 2.10. The van der Waals surface area contributed by atoms with E-state index in [0.29, 0.717) is 0 Å². The number of hydrogen-bond acceptors (Lipinski definition) is 4. The Hall–Kier alpha value is -1.30. The number of non-ortho nitro benzene ring substituents is 1. The molecule has 19 heavy (non-hydrogen) atoms. The van der Waals surface area contributed by atoms with Gasteiger partial charge < -0.3 is 5.32 Å². The molecule has 0 amide bonds. The lowest BCUT2D eigenvalue weighted by Gasteiger charge is -2.39. The second kappa shape index (κ2) is 5.36. The topological polar surface area (TPSA) is 55.2 Å². The highest BCUT2D eigenvalue weighted by Crippen LogP contribution is 2.36. The highest BCUT2D eigenvalue weighted by atomic mass is 32.2. The van der Waals surface area contributed by atoms with Crippen LogP contribution in [0.25, 0.3) is 0 Å². The van der Waals surface area contributed by atoms with Crippen LogP contribution in [0, 0.1) is 21.3 Å². The maximum Gasteiger partial charge on any atom is 0.271 e. The molecule has 1 aromatic rings. The Labute approximate surface area is 115 Å². The van der Waals surface area contributed by atoms with Crippen LogP contribution in [-0.4, -0.2) is 22.5 Å². The number of rotatable bonds is 3. The third kappa shape index (κ3) is 3.18. The molecule has 1 aliphatic rings. The van der Waals surface area contributed by atoms with Gasteiger partial charge in [-0.25, -0.2) is 4.39 Å². The van der Waals surface area contributed by atoms with E-state index in [1.165, 1.54) is 12.1 Å². The quantitative estimate of drug-likeness (QED) is 0.679. The van der Waals surface area contributed by atoms with Crippen LogP contribution in [0.15, 0.2) is 18.2 Å². The molecule has 1 saturated heterocycles. The van der Waals surface area contributed by atoms with Crippen molar-refractivity contribution in [1.29, 1.82) is 0 Å². The van der Waals surface area contributed by atoms with Crippen molar-refractivity contribution < 1.29 is 9.31 Å². The Balaban J connectivity index is 2.22. The SMILES string of the molecule is CC1(C)CCSCC1Nc1cc([N+](=O)[O-])ccc1F. The van der Waals surface area contributed by atoms with Crippen LogP contribution in [0.4, 0.5) is 15.8 Å². The molecule has 1 aromatic carbocycles. The van der Waals surface area contributed by atoms with Crippen molar-refractivity contribution >= 4 is 23.1 Å². The molecule has 1 heterocycles. The van der Waals surface area contributed by atoms with Crippen molar-refractivity contribution in [2.24, 2.45) is 5.41 Å². The maximum absolute atomic E-state index is 13.7. The lowest BCUT2D eigenvalue weighted by molar-refractivity contribution is -0.384. The summed E-state index contributed by atoms with van der Waals surface area (Å²) in [5.41, 5.74) is 0.183. The van der Waals surface area contributed by atoms with Gasteiger partial charge in [0.15, 0.2) is 0 Å². The zero-order chi connectivity index (χ0) is 14.0. The first-order valence-corrected chi connectivity index (χ1v) is 7.34. The average Bonchev–Trinajstić information content (AvgIpc) is 2.34. The highest BCUT2D eigenvalue weighted by Gasteiger charge is 2.33. The second-order valence-electron chi connectivity index (χ2n) is 5.43. The molecule has 104 valence electrons. The Kier molecular flexibility index (Phi) is 3.99. The molecule has 0 aromatic heterocycles. The van der Waals surface area contributed by atoms with Crippen LogP contribution in [-0.2, 0) is 0 Å². The first-order valence-electron chi connectivity index (χ1n) is 6.18. The maximum atomic E-state index is 13.7. The minimum atomic E-state index is -0.509. The van der Waals surface area contributed by atoms with E-state index in [0.717, 1.165) is 24.0 Å². The van der Waals surface area contributed by atoms with Crippen molar-refractivity contribution in [3.8, 4) is 0 Å². The van der Waals surface area contributed by atoms with E-state index in [1.807, 2.05) is 11.8 Å². The van der Waals surface area contributed by atoms with Crippen LogP contribution in [0.5, 0.6) is 0 Å². The minimum absolute atomic E-state index is 0.0578. The highest BCUT2D eigenvalue weighted by molar-refractivity contribution is 7.99. The summed E-state index contributed by atoms with van der Waals surface area (Å²) < 4.78 is 13.7. The summed E-state index contributed by atoms with van der Waals surface area (Å²) in [6.07, 6.45) is 1.05. The van der Waals surface area contributed by atoms with E-state index in [1.54, 1.807) is 0 Å². The molecule has 1 atom stereocenters. The number of nitro groups is 1. The van der Waals surface area contributed by atoms with E-state index in [4.69, 9.17) is 0 Å². The number of nitrogens with zero attached hydrogens (tertiary/aromatic N) is 1. The van der Waals surface area contributed by atoms with Gasteiger partial charge in [-0.3, -0.25) is 10.1 Å². The molecule has 0 radical (unpaired) electrons. The van der Waals surface area contributed by atoms with Crippen molar-refractivity contribution in [3.63, 3.8) is 0 Å². The zero-order valence-electron chi connectivity index (χ0n) is 11.0. The Morgan fingerprint density at radius 1 is 1.53 bits per heavy atom. The molecule has 1 fully saturated rings. The zero-order valence-corrected chi connectivity index (χ0v) is 11.8. The first kappa shape index (κ1) is 14.1. The fraction of sp³-hybridized carbons (Fsp3) is 0.538. The fourth-order valence-corrected chi connectivity index (χ4v) is 3.71. The van der Waals surface area contributed by atoms with Gasteiger partial charge in [0.1, 0.15) is 5.82 Å². The predicted molar refractivity (Wildman–Crippen MR) is 76.2 cm³/mol. The Morgan fingerprint density at radius 2 is 2.26 bits per heavy atom. The number of halogens is 1. The molecule has 1 unspecified atom stereocenters. The standard InChI is InChI=1S/C13H17FN2O2S/c1-13(2)5-6-19-8-12(13)15-11-7-9(16(17)18)3-4-10(11)14/h3-4,7,12,15H,5-6,8H2,1-2H3. The summed E-state index contributed by atoms with van der Waals surface area (Å²) >= 11 is 1.82. The van der Waals surface area contributed by atoms with Crippen LogP contribution < -0.4 is 5.32 Å². The van der Waals surface area contributed by atoms with Gasteiger partial charge in [-0.1, -0.05) is 13.8 Å². The summed E-state index contributed by atoms with van der Waals surface area (Å²) in [7, 11) is 0. The van der Waals surface area contributed by atoms with Gasteiger partial charge in [-0.2, -0.15) is 11.8 Å². The molecule has 0 spiro atoms. The summed E-state index contributed by atoms with van der Waals surface area (Å²) in [4.78, 5) is 10.2. The summed E-state index contributed by atoms with van der Waals surface area (Å²) in [6, 6.07) is 3.71. The van der Waals surface area contributed by atoms with Gasteiger partial charge in [0.2, 0.25) is 0 Å². The molecule has 6 heteroatoms. The largest absolute Gasteiger partial charge is 0.378 e. The normalized spacial score (nSPS) is 21.9. The number of nitrogens with one attached hydrogen (secondary N) is 1. The van der Waals surface area contributed by atoms with Gasteiger partial charge >= 0.3 is 0 Å². The molecule has 1 N–H and O–H groups in total. The molecule has 2 rings (SSSR count). The Bertz CT molecular complexity index is 494. The summed E-state index contributed by atoms with van der Waals surface area (Å²) in [6.45, 7) is 4.28. The number of anilines is 1.